The van der Waals surface area contributed by atoms with Crippen molar-refractivity contribution < 1.29 is 14.3 Å². The molecule has 1 N–H and O–H groups in total. The Morgan fingerprint density at radius 3 is 2.87 bits per heavy atom. The van der Waals surface area contributed by atoms with Crippen LogP contribution in [0.2, 0.25) is 0 Å². The minimum atomic E-state index is -0.116. The van der Waals surface area contributed by atoms with Gasteiger partial charge in [-0.05, 0) is 30.0 Å². The standard InChI is InChI=1S/C23H34N4O3/c1-17(2)8-12-27-21-9-11-26(15-18-6-5-7-19(14-18)30-4)16-20(21)22(25-27)23(28)24-10-13-29-3/h5-7,14,17H,8-13,15-16H2,1-4H3,(H,24,28). The van der Waals surface area contributed by atoms with Gasteiger partial charge in [0.1, 0.15) is 5.75 Å². The van der Waals surface area contributed by atoms with Crippen LogP contribution in [0.5, 0.6) is 5.75 Å². The molecule has 1 aromatic heterocycles. The number of nitrogens with one attached hydrogen (secondary N) is 1. The van der Waals surface area contributed by atoms with E-state index < -0.39 is 0 Å². The van der Waals surface area contributed by atoms with Crippen LogP contribution in [0.3, 0.4) is 0 Å². The molecule has 1 aliphatic rings. The van der Waals surface area contributed by atoms with E-state index in [1.54, 1.807) is 14.2 Å². The van der Waals surface area contributed by atoms with Gasteiger partial charge in [-0.3, -0.25) is 14.4 Å². The van der Waals surface area contributed by atoms with Crippen LogP contribution in [-0.4, -0.2) is 54.5 Å². The molecule has 1 aromatic carbocycles. The Morgan fingerprint density at radius 2 is 2.13 bits per heavy atom. The number of carbonyl (C=O) groups is 1. The van der Waals surface area contributed by atoms with Crippen molar-refractivity contribution in [3.8, 4) is 5.75 Å². The number of methoxy groups -OCH3 is 2. The number of amides is 1. The SMILES string of the molecule is COCCNC(=O)c1nn(CCC(C)C)c2c1CN(Cc1cccc(OC)c1)CC2. The molecule has 164 valence electrons. The van der Waals surface area contributed by atoms with E-state index in [4.69, 9.17) is 14.6 Å². The van der Waals surface area contributed by atoms with Gasteiger partial charge >= 0.3 is 0 Å². The number of rotatable bonds is 10. The van der Waals surface area contributed by atoms with E-state index >= 15 is 0 Å². The van der Waals surface area contributed by atoms with Crippen LogP contribution >= 0.6 is 0 Å². The maximum absolute atomic E-state index is 12.8. The summed E-state index contributed by atoms with van der Waals surface area (Å²) < 4.78 is 12.5. The lowest BCUT2D eigenvalue weighted by atomic mass is 10.0. The minimum Gasteiger partial charge on any atom is -0.497 e. The number of benzene rings is 1. The molecule has 0 fully saturated rings. The summed E-state index contributed by atoms with van der Waals surface area (Å²) in [5, 5.41) is 7.66. The highest BCUT2D eigenvalue weighted by atomic mass is 16.5. The number of aromatic nitrogens is 2. The van der Waals surface area contributed by atoms with Crippen LogP contribution in [0.25, 0.3) is 0 Å². The molecular weight excluding hydrogens is 380 g/mol. The maximum atomic E-state index is 12.8. The molecule has 7 nitrogen and oxygen atoms in total. The lowest BCUT2D eigenvalue weighted by molar-refractivity contribution is 0.0929. The third-order valence-electron chi connectivity index (χ3n) is 5.48. The van der Waals surface area contributed by atoms with E-state index in [9.17, 15) is 4.79 Å². The van der Waals surface area contributed by atoms with Gasteiger partial charge < -0.3 is 14.8 Å². The molecule has 7 heteroatoms. The molecule has 0 atom stereocenters. The van der Waals surface area contributed by atoms with Crippen molar-refractivity contribution in [3.63, 3.8) is 0 Å². The maximum Gasteiger partial charge on any atom is 0.272 e. The summed E-state index contributed by atoms with van der Waals surface area (Å²) in [4.78, 5) is 15.2. The highest BCUT2D eigenvalue weighted by Gasteiger charge is 2.28. The third kappa shape index (κ3) is 5.61. The molecule has 0 spiro atoms. The topological polar surface area (TPSA) is 68.6 Å². The minimum absolute atomic E-state index is 0.116. The van der Waals surface area contributed by atoms with Crippen molar-refractivity contribution in [1.82, 2.24) is 20.0 Å². The van der Waals surface area contributed by atoms with Crippen molar-refractivity contribution in [2.45, 2.75) is 46.3 Å². The van der Waals surface area contributed by atoms with Gasteiger partial charge in [0.2, 0.25) is 0 Å². The zero-order valence-corrected chi connectivity index (χ0v) is 18.6. The smallest absolute Gasteiger partial charge is 0.272 e. The number of hydrogen-bond acceptors (Lipinski definition) is 5. The predicted molar refractivity (Wildman–Crippen MR) is 117 cm³/mol. The molecular formula is C23H34N4O3. The van der Waals surface area contributed by atoms with Gasteiger partial charge in [-0.25, -0.2) is 0 Å². The van der Waals surface area contributed by atoms with Gasteiger partial charge in [-0.15, -0.1) is 0 Å². The van der Waals surface area contributed by atoms with Crippen molar-refractivity contribution in [1.29, 1.82) is 0 Å². The van der Waals surface area contributed by atoms with Crippen LogP contribution in [0.1, 0.15) is 47.6 Å². The van der Waals surface area contributed by atoms with Crippen LogP contribution in [0.4, 0.5) is 0 Å². The first-order valence-electron chi connectivity index (χ1n) is 10.7. The first kappa shape index (κ1) is 22.3. The predicted octanol–water partition coefficient (Wildman–Crippen LogP) is 2.87. The van der Waals surface area contributed by atoms with Gasteiger partial charge in [-0.1, -0.05) is 26.0 Å². The first-order valence-corrected chi connectivity index (χ1v) is 10.7. The van der Waals surface area contributed by atoms with Crippen LogP contribution in [-0.2, 0) is 30.8 Å². The summed E-state index contributed by atoms with van der Waals surface area (Å²) in [6.07, 6.45) is 1.95. The van der Waals surface area contributed by atoms with Gasteiger partial charge in [0.05, 0.1) is 13.7 Å². The molecule has 0 saturated carbocycles. The lowest BCUT2D eigenvalue weighted by Gasteiger charge is -2.28. The summed E-state index contributed by atoms with van der Waals surface area (Å²) in [5.41, 5.74) is 4.02. The first-order chi connectivity index (χ1) is 14.5. The molecule has 3 rings (SSSR count). The molecule has 0 radical (unpaired) electrons. The molecule has 1 amide bonds. The van der Waals surface area contributed by atoms with Crippen molar-refractivity contribution in [2.75, 3.05) is 33.9 Å². The molecule has 1 aliphatic heterocycles. The number of hydrogen-bond donors (Lipinski definition) is 1. The van der Waals surface area contributed by atoms with E-state index in [0.29, 0.717) is 24.8 Å². The summed E-state index contributed by atoms with van der Waals surface area (Å²) >= 11 is 0. The van der Waals surface area contributed by atoms with Gasteiger partial charge in [-0.2, -0.15) is 5.10 Å². The quantitative estimate of drug-likeness (QED) is 0.606. The van der Waals surface area contributed by atoms with Gasteiger partial charge in [0.15, 0.2) is 5.69 Å². The number of ether oxygens (including phenoxy) is 2. The highest BCUT2D eigenvalue weighted by molar-refractivity contribution is 5.94. The second-order valence-corrected chi connectivity index (χ2v) is 8.24. The number of carbonyl (C=O) groups excluding carboxylic acids is 1. The van der Waals surface area contributed by atoms with Crippen LogP contribution < -0.4 is 10.1 Å². The molecule has 0 unspecified atom stereocenters. The van der Waals surface area contributed by atoms with Crippen molar-refractivity contribution in [3.05, 3.63) is 46.8 Å². The Morgan fingerprint density at radius 1 is 1.30 bits per heavy atom. The highest BCUT2D eigenvalue weighted by Crippen LogP contribution is 2.25. The fraction of sp³-hybridized carbons (Fsp3) is 0.565. The van der Waals surface area contributed by atoms with E-state index in [-0.39, 0.29) is 5.91 Å². The average Bonchev–Trinajstić information content (AvgIpc) is 3.10. The molecule has 0 bridgehead atoms. The molecule has 0 aliphatic carbocycles. The van der Waals surface area contributed by atoms with Gasteiger partial charge in [0, 0.05) is 57.5 Å². The summed E-state index contributed by atoms with van der Waals surface area (Å²) in [6, 6.07) is 8.16. The largest absolute Gasteiger partial charge is 0.497 e. The Bertz CT molecular complexity index is 847. The van der Waals surface area contributed by atoms with Crippen molar-refractivity contribution in [2.24, 2.45) is 5.92 Å². The summed E-state index contributed by atoms with van der Waals surface area (Å²) in [5.74, 6) is 1.34. The van der Waals surface area contributed by atoms with E-state index in [1.165, 1.54) is 11.3 Å². The average molecular weight is 415 g/mol. The van der Waals surface area contributed by atoms with Crippen LogP contribution in [0.15, 0.2) is 24.3 Å². The van der Waals surface area contributed by atoms with Gasteiger partial charge in [0.25, 0.3) is 5.91 Å². The number of fused-ring (bicyclic) bond motifs is 1. The third-order valence-corrected chi connectivity index (χ3v) is 5.48. The zero-order chi connectivity index (χ0) is 21.5. The molecule has 2 aromatic rings. The molecule has 0 saturated heterocycles. The molecule has 2 heterocycles. The Hall–Kier alpha value is -2.38. The monoisotopic (exact) mass is 414 g/mol. The second kappa shape index (κ2) is 10.6. The number of aryl methyl sites for hydroxylation is 1. The fourth-order valence-electron chi connectivity index (χ4n) is 3.81. The van der Waals surface area contributed by atoms with E-state index in [1.807, 2.05) is 12.1 Å². The van der Waals surface area contributed by atoms with Crippen LogP contribution in [0, 0.1) is 5.92 Å². The Kier molecular flexibility index (Phi) is 7.87. The number of nitrogens with zero attached hydrogens (tertiary/aromatic N) is 3. The Labute approximate surface area is 179 Å². The van der Waals surface area contributed by atoms with E-state index in [2.05, 4.69) is 40.9 Å². The van der Waals surface area contributed by atoms with Crippen molar-refractivity contribution >= 4 is 5.91 Å². The summed E-state index contributed by atoms with van der Waals surface area (Å²) in [6.45, 7) is 8.73. The zero-order valence-electron chi connectivity index (χ0n) is 18.6. The molecule has 30 heavy (non-hydrogen) atoms. The van der Waals surface area contributed by atoms with E-state index in [0.717, 1.165) is 50.3 Å². The normalized spacial score (nSPS) is 14.0. The fourth-order valence-corrected chi connectivity index (χ4v) is 3.81. The summed E-state index contributed by atoms with van der Waals surface area (Å²) in [7, 11) is 3.32. The Balaban J connectivity index is 1.79. The second-order valence-electron chi connectivity index (χ2n) is 8.24. The lowest BCUT2D eigenvalue weighted by Crippen LogP contribution is -2.33.